The number of aliphatic hydroxyl groups excluding tert-OH is 1. The molecule has 0 saturated carbocycles. The van der Waals surface area contributed by atoms with E-state index in [1.807, 2.05) is 13.0 Å². The molecule has 0 radical (unpaired) electrons. The molecule has 0 amide bonds. The third-order valence-electron chi connectivity index (χ3n) is 3.45. The fourth-order valence-corrected chi connectivity index (χ4v) is 2.52. The van der Waals surface area contributed by atoms with Crippen molar-refractivity contribution < 1.29 is 5.11 Å². The zero-order chi connectivity index (χ0) is 13.3. The molecule has 1 aromatic rings. The van der Waals surface area contributed by atoms with Crippen molar-refractivity contribution in [1.29, 1.82) is 5.41 Å². The van der Waals surface area contributed by atoms with Crippen LogP contribution in [0.3, 0.4) is 0 Å². The maximum Gasteiger partial charge on any atom is 0.124 e. The maximum atomic E-state index is 9.75. The molecule has 98 valence electrons. The molecular weight excluding hydrogens is 250 g/mol. The SMILES string of the molecule is CC1CN(c2ccc(Cl)cc2C(=N)N)CCC1O. The Labute approximate surface area is 112 Å². The first-order valence-corrected chi connectivity index (χ1v) is 6.44. The lowest BCUT2D eigenvalue weighted by Crippen LogP contribution is -2.42. The quantitative estimate of drug-likeness (QED) is 0.565. The number of halogens is 1. The molecular formula is C13H18ClN3O. The number of hydrogen-bond donors (Lipinski definition) is 3. The fourth-order valence-electron chi connectivity index (χ4n) is 2.35. The normalized spacial score (nSPS) is 24.1. The lowest BCUT2D eigenvalue weighted by atomic mass is 9.95. The minimum Gasteiger partial charge on any atom is -0.393 e. The topological polar surface area (TPSA) is 73.3 Å². The Morgan fingerprint density at radius 1 is 1.56 bits per heavy atom. The fraction of sp³-hybridized carbons (Fsp3) is 0.462. The van der Waals surface area contributed by atoms with Crippen molar-refractivity contribution in [2.45, 2.75) is 19.4 Å². The first kappa shape index (κ1) is 13.2. The van der Waals surface area contributed by atoms with Gasteiger partial charge in [0.05, 0.1) is 6.10 Å². The van der Waals surface area contributed by atoms with Crippen LogP contribution < -0.4 is 10.6 Å². The maximum absolute atomic E-state index is 9.75. The van der Waals surface area contributed by atoms with Crippen LogP contribution in [0.1, 0.15) is 18.9 Å². The van der Waals surface area contributed by atoms with Gasteiger partial charge in [-0.05, 0) is 30.5 Å². The monoisotopic (exact) mass is 267 g/mol. The van der Waals surface area contributed by atoms with Crippen molar-refractivity contribution in [2.75, 3.05) is 18.0 Å². The predicted octanol–water partition coefficient (Wildman–Crippen LogP) is 1.83. The lowest BCUT2D eigenvalue weighted by molar-refractivity contribution is 0.0971. The summed E-state index contributed by atoms with van der Waals surface area (Å²) < 4.78 is 0. The van der Waals surface area contributed by atoms with Gasteiger partial charge in [-0.2, -0.15) is 0 Å². The van der Waals surface area contributed by atoms with Crippen LogP contribution in [-0.4, -0.2) is 30.1 Å². The number of rotatable bonds is 2. The van der Waals surface area contributed by atoms with Gasteiger partial charge in [-0.1, -0.05) is 18.5 Å². The third kappa shape index (κ3) is 2.60. The van der Waals surface area contributed by atoms with Gasteiger partial charge in [0.2, 0.25) is 0 Å². The average Bonchev–Trinajstić information content (AvgIpc) is 2.32. The zero-order valence-electron chi connectivity index (χ0n) is 10.4. The van der Waals surface area contributed by atoms with E-state index in [1.54, 1.807) is 12.1 Å². The molecule has 0 aromatic heterocycles. The number of piperidine rings is 1. The minimum absolute atomic E-state index is 0.0197. The highest BCUT2D eigenvalue weighted by Crippen LogP contribution is 2.28. The first-order valence-electron chi connectivity index (χ1n) is 6.06. The second kappa shape index (κ2) is 5.16. The number of anilines is 1. The summed E-state index contributed by atoms with van der Waals surface area (Å²) in [6, 6.07) is 5.41. The van der Waals surface area contributed by atoms with Gasteiger partial charge in [-0.15, -0.1) is 0 Å². The highest BCUT2D eigenvalue weighted by atomic mass is 35.5. The Morgan fingerprint density at radius 3 is 2.89 bits per heavy atom. The summed E-state index contributed by atoms with van der Waals surface area (Å²) in [5, 5.41) is 18.0. The molecule has 0 spiro atoms. The molecule has 1 aromatic carbocycles. The van der Waals surface area contributed by atoms with E-state index in [2.05, 4.69) is 4.90 Å². The van der Waals surface area contributed by atoms with Gasteiger partial charge in [0.1, 0.15) is 5.84 Å². The third-order valence-corrected chi connectivity index (χ3v) is 3.68. The summed E-state index contributed by atoms with van der Waals surface area (Å²) in [7, 11) is 0. The molecule has 4 nitrogen and oxygen atoms in total. The summed E-state index contributed by atoms with van der Waals surface area (Å²) in [4.78, 5) is 2.16. The molecule has 1 aliphatic rings. The number of nitrogen functional groups attached to an aromatic ring is 1. The predicted molar refractivity (Wildman–Crippen MR) is 74.5 cm³/mol. The summed E-state index contributed by atoms with van der Waals surface area (Å²) >= 11 is 5.94. The van der Waals surface area contributed by atoms with Crippen molar-refractivity contribution in [3.8, 4) is 0 Å². The van der Waals surface area contributed by atoms with Crippen molar-refractivity contribution in [1.82, 2.24) is 0 Å². The molecule has 2 rings (SSSR count). The van der Waals surface area contributed by atoms with Crippen LogP contribution in [0.2, 0.25) is 5.02 Å². The zero-order valence-corrected chi connectivity index (χ0v) is 11.1. The number of aliphatic hydroxyl groups is 1. The van der Waals surface area contributed by atoms with Crippen molar-refractivity contribution in [3.63, 3.8) is 0 Å². The van der Waals surface area contributed by atoms with E-state index in [0.717, 1.165) is 25.2 Å². The summed E-state index contributed by atoms with van der Waals surface area (Å²) in [6.45, 7) is 3.57. The molecule has 5 heteroatoms. The summed E-state index contributed by atoms with van der Waals surface area (Å²) in [6.07, 6.45) is 0.496. The number of nitrogens with two attached hydrogens (primary N) is 1. The van der Waals surface area contributed by atoms with E-state index in [9.17, 15) is 5.11 Å². The van der Waals surface area contributed by atoms with Gasteiger partial charge in [-0.25, -0.2) is 0 Å². The molecule has 0 bridgehead atoms. The Morgan fingerprint density at radius 2 is 2.28 bits per heavy atom. The van der Waals surface area contributed by atoms with Crippen molar-refractivity contribution in [3.05, 3.63) is 28.8 Å². The van der Waals surface area contributed by atoms with Gasteiger partial charge < -0.3 is 15.7 Å². The van der Waals surface area contributed by atoms with Crippen LogP contribution in [0, 0.1) is 11.3 Å². The number of nitrogens with zero attached hydrogens (tertiary/aromatic N) is 1. The summed E-state index contributed by atoms with van der Waals surface area (Å²) in [5.74, 6) is 0.237. The van der Waals surface area contributed by atoms with E-state index in [4.69, 9.17) is 22.7 Å². The lowest BCUT2D eigenvalue weighted by Gasteiger charge is -2.36. The van der Waals surface area contributed by atoms with E-state index < -0.39 is 0 Å². The second-order valence-electron chi connectivity index (χ2n) is 4.85. The van der Waals surface area contributed by atoms with Crippen LogP contribution in [0.5, 0.6) is 0 Å². The van der Waals surface area contributed by atoms with Crippen molar-refractivity contribution in [2.24, 2.45) is 11.7 Å². The van der Waals surface area contributed by atoms with Gasteiger partial charge >= 0.3 is 0 Å². The molecule has 1 fully saturated rings. The molecule has 1 saturated heterocycles. The van der Waals surface area contributed by atoms with Gasteiger partial charge in [-0.3, -0.25) is 5.41 Å². The molecule has 2 unspecified atom stereocenters. The van der Waals surface area contributed by atoms with Crippen LogP contribution in [0.4, 0.5) is 5.69 Å². The highest BCUT2D eigenvalue weighted by molar-refractivity contribution is 6.31. The molecule has 1 aliphatic heterocycles. The average molecular weight is 268 g/mol. The van der Waals surface area contributed by atoms with E-state index in [1.165, 1.54) is 0 Å². The van der Waals surface area contributed by atoms with E-state index in [0.29, 0.717) is 10.6 Å². The van der Waals surface area contributed by atoms with E-state index >= 15 is 0 Å². The second-order valence-corrected chi connectivity index (χ2v) is 5.29. The Balaban J connectivity index is 2.30. The van der Waals surface area contributed by atoms with Crippen LogP contribution >= 0.6 is 11.6 Å². The Kier molecular flexibility index (Phi) is 3.78. The smallest absolute Gasteiger partial charge is 0.124 e. The van der Waals surface area contributed by atoms with Crippen LogP contribution in [0.25, 0.3) is 0 Å². The molecule has 4 N–H and O–H groups in total. The Hall–Kier alpha value is -1.26. The number of hydrogen-bond acceptors (Lipinski definition) is 3. The summed E-state index contributed by atoms with van der Waals surface area (Å²) in [5.41, 5.74) is 7.18. The van der Waals surface area contributed by atoms with Gasteiger partial charge in [0.15, 0.2) is 0 Å². The standard InChI is InChI=1S/C13H18ClN3O/c1-8-7-17(5-4-12(8)18)11-3-2-9(14)6-10(11)13(15)16/h2-3,6,8,12,18H,4-5,7H2,1H3,(H3,15,16). The molecule has 1 heterocycles. The Bertz CT molecular complexity index is 464. The van der Waals surface area contributed by atoms with Crippen molar-refractivity contribution >= 4 is 23.1 Å². The highest BCUT2D eigenvalue weighted by Gasteiger charge is 2.25. The van der Waals surface area contributed by atoms with Gasteiger partial charge in [0.25, 0.3) is 0 Å². The molecule has 2 atom stereocenters. The molecule has 18 heavy (non-hydrogen) atoms. The van der Waals surface area contributed by atoms with Gasteiger partial charge in [0, 0.05) is 29.4 Å². The van der Waals surface area contributed by atoms with Crippen LogP contribution in [0.15, 0.2) is 18.2 Å². The van der Waals surface area contributed by atoms with E-state index in [-0.39, 0.29) is 17.9 Å². The number of nitrogens with one attached hydrogen (secondary N) is 1. The largest absolute Gasteiger partial charge is 0.393 e. The van der Waals surface area contributed by atoms with Crippen LogP contribution in [-0.2, 0) is 0 Å². The molecule has 0 aliphatic carbocycles. The number of amidine groups is 1. The first-order chi connectivity index (χ1) is 8.49. The minimum atomic E-state index is -0.241. The number of benzene rings is 1.